The first-order valence-electron chi connectivity index (χ1n) is 6.48. The highest BCUT2D eigenvalue weighted by Gasteiger charge is 2.18. The number of rotatable bonds is 6. The number of hydrogen-bond donors (Lipinski definition) is 1. The van der Waals surface area contributed by atoms with Gasteiger partial charge in [0.2, 0.25) is 5.91 Å². The van der Waals surface area contributed by atoms with Crippen molar-refractivity contribution in [2.75, 3.05) is 19.6 Å². The van der Waals surface area contributed by atoms with E-state index in [-0.39, 0.29) is 0 Å². The standard InChI is InChI=1S/C14H19BrN2O/c15-13-6-4-12(5-7-13)11-16-8-2-10-17-9-1-3-14(17)18/h4-7,16H,1-3,8-11H2. The molecule has 1 fully saturated rings. The second kappa shape index (κ2) is 6.90. The molecule has 3 nitrogen and oxygen atoms in total. The van der Waals surface area contributed by atoms with Gasteiger partial charge in [-0.15, -0.1) is 0 Å². The Morgan fingerprint density at radius 3 is 2.72 bits per heavy atom. The molecule has 1 amide bonds. The predicted molar refractivity (Wildman–Crippen MR) is 76.3 cm³/mol. The molecule has 0 aliphatic carbocycles. The molecular weight excluding hydrogens is 292 g/mol. The molecule has 1 aromatic rings. The highest BCUT2D eigenvalue weighted by Crippen LogP contribution is 2.11. The molecule has 1 aromatic carbocycles. The van der Waals surface area contributed by atoms with Crippen LogP contribution < -0.4 is 5.32 Å². The highest BCUT2D eigenvalue weighted by molar-refractivity contribution is 9.10. The van der Waals surface area contributed by atoms with Gasteiger partial charge in [0.25, 0.3) is 0 Å². The maximum absolute atomic E-state index is 11.4. The van der Waals surface area contributed by atoms with Gasteiger partial charge in [-0.25, -0.2) is 0 Å². The SMILES string of the molecule is O=C1CCCN1CCCNCc1ccc(Br)cc1. The van der Waals surface area contributed by atoms with E-state index in [1.54, 1.807) is 0 Å². The molecule has 0 unspecified atom stereocenters. The summed E-state index contributed by atoms with van der Waals surface area (Å²) in [5.74, 6) is 0.322. The molecule has 98 valence electrons. The van der Waals surface area contributed by atoms with Crippen molar-refractivity contribution in [3.05, 3.63) is 34.3 Å². The Morgan fingerprint density at radius 1 is 1.28 bits per heavy atom. The van der Waals surface area contributed by atoms with E-state index in [4.69, 9.17) is 0 Å². The average molecular weight is 311 g/mol. The molecule has 1 aliphatic rings. The monoisotopic (exact) mass is 310 g/mol. The van der Waals surface area contributed by atoms with Crippen LogP contribution in [0.25, 0.3) is 0 Å². The van der Waals surface area contributed by atoms with Crippen LogP contribution in [0.15, 0.2) is 28.7 Å². The normalized spacial score (nSPS) is 15.4. The van der Waals surface area contributed by atoms with Crippen molar-refractivity contribution < 1.29 is 4.79 Å². The quantitative estimate of drug-likeness (QED) is 0.819. The Kier molecular flexibility index (Phi) is 5.20. The van der Waals surface area contributed by atoms with Crippen LogP contribution in [0.3, 0.4) is 0 Å². The summed E-state index contributed by atoms with van der Waals surface area (Å²) < 4.78 is 1.11. The molecule has 0 atom stereocenters. The van der Waals surface area contributed by atoms with Crippen molar-refractivity contribution >= 4 is 21.8 Å². The number of hydrogen-bond acceptors (Lipinski definition) is 2. The molecule has 0 bridgehead atoms. The Balaban J connectivity index is 1.58. The first-order valence-corrected chi connectivity index (χ1v) is 7.28. The maximum Gasteiger partial charge on any atom is 0.222 e. The van der Waals surface area contributed by atoms with Crippen LogP contribution in [0.1, 0.15) is 24.8 Å². The fourth-order valence-corrected chi connectivity index (χ4v) is 2.43. The molecule has 1 N–H and O–H groups in total. The van der Waals surface area contributed by atoms with E-state index in [2.05, 4.69) is 45.5 Å². The molecule has 2 rings (SSSR count). The van der Waals surface area contributed by atoms with E-state index >= 15 is 0 Å². The largest absolute Gasteiger partial charge is 0.343 e. The zero-order chi connectivity index (χ0) is 12.8. The van der Waals surface area contributed by atoms with Crippen molar-refractivity contribution in [1.82, 2.24) is 10.2 Å². The Hall–Kier alpha value is -0.870. The topological polar surface area (TPSA) is 32.3 Å². The smallest absolute Gasteiger partial charge is 0.222 e. The first-order chi connectivity index (χ1) is 8.75. The van der Waals surface area contributed by atoms with Gasteiger partial charge < -0.3 is 10.2 Å². The number of likely N-dealkylation sites (tertiary alicyclic amines) is 1. The summed E-state index contributed by atoms with van der Waals surface area (Å²) in [5.41, 5.74) is 1.29. The molecule has 0 radical (unpaired) electrons. The van der Waals surface area contributed by atoms with Gasteiger partial charge in [-0.05, 0) is 37.1 Å². The molecule has 1 aliphatic heterocycles. The third-order valence-electron chi connectivity index (χ3n) is 3.20. The molecule has 1 heterocycles. The molecule has 1 saturated heterocycles. The average Bonchev–Trinajstić information content (AvgIpc) is 2.77. The lowest BCUT2D eigenvalue weighted by atomic mass is 10.2. The molecule has 18 heavy (non-hydrogen) atoms. The van der Waals surface area contributed by atoms with Crippen LogP contribution >= 0.6 is 15.9 Å². The number of amides is 1. The van der Waals surface area contributed by atoms with Gasteiger partial charge in [0, 0.05) is 30.5 Å². The first kappa shape index (κ1) is 13.6. The number of nitrogens with one attached hydrogen (secondary N) is 1. The minimum atomic E-state index is 0.322. The Labute approximate surface area is 117 Å². The maximum atomic E-state index is 11.4. The fourth-order valence-electron chi connectivity index (χ4n) is 2.17. The minimum Gasteiger partial charge on any atom is -0.343 e. The third-order valence-corrected chi connectivity index (χ3v) is 3.72. The summed E-state index contributed by atoms with van der Waals surface area (Å²) in [6, 6.07) is 8.34. The van der Waals surface area contributed by atoms with Gasteiger partial charge in [0.05, 0.1) is 0 Å². The number of carbonyl (C=O) groups excluding carboxylic acids is 1. The number of carbonyl (C=O) groups is 1. The summed E-state index contributed by atoms with van der Waals surface area (Å²) >= 11 is 3.42. The lowest BCUT2D eigenvalue weighted by Crippen LogP contribution is -2.28. The van der Waals surface area contributed by atoms with Gasteiger partial charge in [-0.1, -0.05) is 28.1 Å². The number of halogens is 1. The van der Waals surface area contributed by atoms with Crippen molar-refractivity contribution in [2.24, 2.45) is 0 Å². The van der Waals surface area contributed by atoms with Gasteiger partial charge in [0.15, 0.2) is 0 Å². The third kappa shape index (κ3) is 4.10. The van der Waals surface area contributed by atoms with Crippen molar-refractivity contribution in [3.63, 3.8) is 0 Å². The van der Waals surface area contributed by atoms with Crippen LogP contribution in [0.4, 0.5) is 0 Å². The highest BCUT2D eigenvalue weighted by atomic mass is 79.9. The lowest BCUT2D eigenvalue weighted by Gasteiger charge is -2.15. The number of nitrogens with zero attached hydrogens (tertiary/aromatic N) is 1. The van der Waals surface area contributed by atoms with Gasteiger partial charge in [0.1, 0.15) is 0 Å². The fraction of sp³-hybridized carbons (Fsp3) is 0.500. The van der Waals surface area contributed by atoms with E-state index in [0.29, 0.717) is 5.91 Å². The van der Waals surface area contributed by atoms with Crippen molar-refractivity contribution in [1.29, 1.82) is 0 Å². The summed E-state index contributed by atoms with van der Waals surface area (Å²) in [7, 11) is 0. The zero-order valence-electron chi connectivity index (χ0n) is 10.5. The molecule has 0 spiro atoms. The lowest BCUT2D eigenvalue weighted by molar-refractivity contribution is -0.127. The summed E-state index contributed by atoms with van der Waals surface area (Å²) in [6.45, 7) is 3.69. The van der Waals surface area contributed by atoms with Gasteiger partial charge in [-0.2, -0.15) is 0 Å². The molecule has 4 heteroatoms. The zero-order valence-corrected chi connectivity index (χ0v) is 12.1. The van der Waals surface area contributed by atoms with Crippen molar-refractivity contribution in [3.8, 4) is 0 Å². The van der Waals surface area contributed by atoms with Crippen LogP contribution in [0.2, 0.25) is 0 Å². The van der Waals surface area contributed by atoms with Gasteiger partial charge >= 0.3 is 0 Å². The van der Waals surface area contributed by atoms with Crippen LogP contribution in [-0.4, -0.2) is 30.4 Å². The van der Waals surface area contributed by atoms with Crippen LogP contribution in [0.5, 0.6) is 0 Å². The predicted octanol–water partition coefficient (Wildman–Crippen LogP) is 2.55. The van der Waals surface area contributed by atoms with Crippen LogP contribution in [0, 0.1) is 0 Å². The molecule has 0 saturated carbocycles. The molecule has 0 aromatic heterocycles. The summed E-state index contributed by atoms with van der Waals surface area (Å²) in [5, 5.41) is 3.41. The van der Waals surface area contributed by atoms with E-state index in [1.807, 2.05) is 4.90 Å². The summed E-state index contributed by atoms with van der Waals surface area (Å²) in [4.78, 5) is 13.4. The second-order valence-electron chi connectivity index (χ2n) is 4.64. The Bertz CT molecular complexity index is 391. The molecular formula is C14H19BrN2O. The van der Waals surface area contributed by atoms with E-state index in [0.717, 1.165) is 49.9 Å². The van der Waals surface area contributed by atoms with E-state index < -0.39 is 0 Å². The van der Waals surface area contributed by atoms with Crippen molar-refractivity contribution in [2.45, 2.75) is 25.8 Å². The Morgan fingerprint density at radius 2 is 2.06 bits per heavy atom. The number of benzene rings is 1. The minimum absolute atomic E-state index is 0.322. The van der Waals surface area contributed by atoms with E-state index in [1.165, 1.54) is 5.56 Å². The van der Waals surface area contributed by atoms with E-state index in [9.17, 15) is 4.79 Å². The van der Waals surface area contributed by atoms with Crippen LogP contribution in [-0.2, 0) is 11.3 Å². The second-order valence-corrected chi connectivity index (χ2v) is 5.56. The van der Waals surface area contributed by atoms with Gasteiger partial charge in [-0.3, -0.25) is 4.79 Å². The summed E-state index contributed by atoms with van der Waals surface area (Å²) in [6.07, 6.45) is 2.81.